The van der Waals surface area contributed by atoms with E-state index in [1.165, 1.54) is 19.1 Å². The molecule has 0 heterocycles. The number of carbonyl (C=O) groups excluding carboxylic acids is 4. The van der Waals surface area contributed by atoms with Gasteiger partial charge in [0.1, 0.15) is 23.9 Å². The summed E-state index contributed by atoms with van der Waals surface area (Å²) < 4.78 is 0. The summed E-state index contributed by atoms with van der Waals surface area (Å²) in [6.07, 6.45) is -1.88. The van der Waals surface area contributed by atoms with E-state index in [0.29, 0.717) is 11.1 Å². The maximum atomic E-state index is 13.2. The van der Waals surface area contributed by atoms with Gasteiger partial charge in [-0.1, -0.05) is 42.5 Å². The second kappa shape index (κ2) is 15.2. The minimum atomic E-state index is -1.49. The molecule has 2 rings (SSSR count). The molecule has 0 radical (unpaired) electrons. The van der Waals surface area contributed by atoms with Gasteiger partial charge in [0.2, 0.25) is 23.6 Å². The lowest BCUT2D eigenvalue weighted by Crippen LogP contribution is -2.60. The van der Waals surface area contributed by atoms with Crippen LogP contribution >= 0.6 is 0 Å². The van der Waals surface area contributed by atoms with E-state index in [4.69, 9.17) is 11.5 Å². The number of carbonyl (C=O) groups is 5. The molecule has 0 spiro atoms. The number of hydrogen-bond acceptors (Lipinski definition) is 8. The first-order valence-electron chi connectivity index (χ1n) is 12.5. The zero-order valence-electron chi connectivity index (χ0n) is 21.9. The van der Waals surface area contributed by atoms with Crippen molar-refractivity contribution in [2.24, 2.45) is 11.5 Å². The Morgan fingerprint density at radius 2 is 1.38 bits per heavy atom. The summed E-state index contributed by atoms with van der Waals surface area (Å²) in [6, 6.07) is 9.30. The van der Waals surface area contributed by atoms with Gasteiger partial charge >= 0.3 is 5.97 Å². The molecule has 2 aromatic carbocycles. The standard InChI is InChI=1S/C27H35N5O8/c1-15(33)23(32-24(36)19(28)13-17-7-9-18(34)10-8-17)26(38)31-21(14-16-5-3-2-4-6-16)25(37)30-20(27(39)40)11-12-22(29)35/h2-10,15,19-21,23,33-34H,11-14,28H2,1H3,(H2,29,35)(H,30,37)(H,31,38)(H,32,36)(H,39,40). The number of aliphatic carboxylic acids is 1. The Morgan fingerprint density at radius 1 is 0.800 bits per heavy atom. The maximum Gasteiger partial charge on any atom is 0.326 e. The van der Waals surface area contributed by atoms with Gasteiger partial charge in [0.15, 0.2) is 0 Å². The molecular formula is C27H35N5O8. The number of aliphatic hydroxyl groups is 1. The first-order valence-corrected chi connectivity index (χ1v) is 12.5. The van der Waals surface area contributed by atoms with E-state index in [2.05, 4.69) is 16.0 Å². The van der Waals surface area contributed by atoms with Crippen molar-refractivity contribution >= 4 is 29.6 Å². The average Bonchev–Trinajstić information content (AvgIpc) is 2.90. The third kappa shape index (κ3) is 10.3. The zero-order valence-corrected chi connectivity index (χ0v) is 21.9. The summed E-state index contributed by atoms with van der Waals surface area (Å²) >= 11 is 0. The van der Waals surface area contributed by atoms with Crippen molar-refractivity contribution in [3.05, 3.63) is 65.7 Å². The van der Waals surface area contributed by atoms with Gasteiger partial charge in [0, 0.05) is 12.8 Å². The highest BCUT2D eigenvalue weighted by Crippen LogP contribution is 2.11. The van der Waals surface area contributed by atoms with E-state index in [1.54, 1.807) is 42.5 Å². The number of phenols is 1. The molecule has 0 fully saturated rings. The molecular weight excluding hydrogens is 522 g/mol. The third-order valence-electron chi connectivity index (χ3n) is 6.00. The van der Waals surface area contributed by atoms with Crippen LogP contribution in [-0.2, 0) is 36.8 Å². The van der Waals surface area contributed by atoms with Gasteiger partial charge in [-0.2, -0.15) is 0 Å². The summed E-state index contributed by atoms with van der Waals surface area (Å²) in [5.41, 5.74) is 12.4. The van der Waals surface area contributed by atoms with Crippen molar-refractivity contribution in [1.82, 2.24) is 16.0 Å². The van der Waals surface area contributed by atoms with Crippen molar-refractivity contribution in [3.8, 4) is 5.75 Å². The first kappa shape index (κ1) is 31.7. The Morgan fingerprint density at radius 3 is 1.93 bits per heavy atom. The minimum Gasteiger partial charge on any atom is -0.508 e. The van der Waals surface area contributed by atoms with E-state index in [9.17, 15) is 39.3 Å². The van der Waals surface area contributed by atoms with Gasteiger partial charge in [-0.25, -0.2) is 4.79 Å². The molecule has 2 aromatic rings. The number of benzene rings is 2. The van der Waals surface area contributed by atoms with Crippen LogP contribution in [0.3, 0.4) is 0 Å². The van der Waals surface area contributed by atoms with Crippen LogP contribution in [0.25, 0.3) is 0 Å². The Kier molecular flexibility index (Phi) is 12.0. The lowest BCUT2D eigenvalue weighted by molar-refractivity contribution is -0.142. The Labute approximate surface area is 230 Å². The summed E-state index contributed by atoms with van der Waals surface area (Å²) in [5, 5.41) is 36.3. The number of amides is 4. The molecule has 4 amide bonds. The van der Waals surface area contributed by atoms with Crippen LogP contribution in [0.5, 0.6) is 5.75 Å². The van der Waals surface area contributed by atoms with Crippen molar-refractivity contribution in [1.29, 1.82) is 0 Å². The van der Waals surface area contributed by atoms with Crippen LogP contribution in [-0.4, -0.2) is 75.2 Å². The lowest BCUT2D eigenvalue weighted by atomic mass is 10.0. The molecule has 0 bridgehead atoms. The molecule has 5 unspecified atom stereocenters. The van der Waals surface area contributed by atoms with E-state index >= 15 is 0 Å². The molecule has 13 heteroatoms. The lowest BCUT2D eigenvalue weighted by Gasteiger charge is -2.26. The smallest absolute Gasteiger partial charge is 0.326 e. The van der Waals surface area contributed by atoms with Gasteiger partial charge in [-0.15, -0.1) is 0 Å². The fraction of sp³-hybridized carbons (Fsp3) is 0.370. The number of nitrogens with one attached hydrogen (secondary N) is 3. The fourth-order valence-electron chi connectivity index (χ4n) is 3.78. The van der Waals surface area contributed by atoms with Crippen LogP contribution in [0.1, 0.15) is 30.9 Å². The van der Waals surface area contributed by atoms with Crippen molar-refractivity contribution < 1.29 is 39.3 Å². The zero-order chi connectivity index (χ0) is 29.8. The van der Waals surface area contributed by atoms with Gasteiger partial charge in [-0.05, 0) is 43.0 Å². The highest BCUT2D eigenvalue weighted by Gasteiger charge is 2.32. The Balaban J connectivity index is 2.17. The van der Waals surface area contributed by atoms with Crippen LogP contribution in [0.4, 0.5) is 0 Å². The highest BCUT2D eigenvalue weighted by atomic mass is 16.4. The second-order valence-electron chi connectivity index (χ2n) is 9.36. The highest BCUT2D eigenvalue weighted by molar-refractivity contribution is 5.94. The molecule has 5 atom stereocenters. The number of phenolic OH excluding ortho intramolecular Hbond substituents is 1. The number of rotatable bonds is 15. The number of carboxylic acids is 1. The van der Waals surface area contributed by atoms with Gasteiger partial charge in [0.05, 0.1) is 12.1 Å². The van der Waals surface area contributed by atoms with Crippen LogP contribution in [0, 0.1) is 0 Å². The molecule has 0 aliphatic rings. The van der Waals surface area contributed by atoms with E-state index in [0.717, 1.165) is 0 Å². The minimum absolute atomic E-state index is 0.0403. The molecule has 0 saturated carbocycles. The fourth-order valence-corrected chi connectivity index (χ4v) is 3.78. The van der Waals surface area contributed by atoms with Crippen LogP contribution in [0.15, 0.2) is 54.6 Å². The van der Waals surface area contributed by atoms with Gasteiger partial charge < -0.3 is 42.7 Å². The largest absolute Gasteiger partial charge is 0.508 e. The maximum absolute atomic E-state index is 13.2. The summed E-state index contributed by atoms with van der Waals surface area (Å²) in [6.45, 7) is 1.27. The van der Waals surface area contributed by atoms with Gasteiger partial charge in [-0.3, -0.25) is 19.2 Å². The van der Waals surface area contributed by atoms with Crippen molar-refractivity contribution in [2.45, 2.75) is 62.9 Å². The molecule has 0 aliphatic carbocycles. The van der Waals surface area contributed by atoms with Gasteiger partial charge in [0.25, 0.3) is 0 Å². The SMILES string of the molecule is CC(O)C(NC(=O)C(N)Cc1ccc(O)cc1)C(=O)NC(Cc1ccccc1)C(=O)NC(CCC(N)=O)C(=O)O. The summed E-state index contributed by atoms with van der Waals surface area (Å²) in [7, 11) is 0. The topological polar surface area (TPSA) is 234 Å². The number of primary amides is 1. The molecule has 40 heavy (non-hydrogen) atoms. The predicted molar refractivity (Wildman–Crippen MR) is 143 cm³/mol. The Hall–Kier alpha value is -4.49. The van der Waals surface area contributed by atoms with Crippen LogP contribution < -0.4 is 27.4 Å². The molecule has 0 aromatic heterocycles. The predicted octanol–water partition coefficient (Wildman–Crippen LogP) is -1.31. The number of carboxylic acid groups (broad SMARTS) is 1. The van der Waals surface area contributed by atoms with E-state index < -0.39 is 59.9 Å². The summed E-state index contributed by atoms with van der Waals surface area (Å²) in [5.74, 6) is -4.58. The number of nitrogens with two attached hydrogens (primary N) is 2. The molecule has 10 N–H and O–H groups in total. The van der Waals surface area contributed by atoms with Crippen LogP contribution in [0.2, 0.25) is 0 Å². The van der Waals surface area contributed by atoms with Crippen molar-refractivity contribution in [3.63, 3.8) is 0 Å². The Bertz CT molecular complexity index is 1170. The van der Waals surface area contributed by atoms with E-state index in [1.807, 2.05) is 0 Å². The number of aliphatic hydroxyl groups excluding tert-OH is 1. The molecule has 0 saturated heterocycles. The quantitative estimate of drug-likeness (QED) is 0.130. The first-order chi connectivity index (χ1) is 18.9. The van der Waals surface area contributed by atoms with Crippen molar-refractivity contribution in [2.75, 3.05) is 0 Å². The molecule has 0 aliphatic heterocycles. The third-order valence-corrected chi connectivity index (χ3v) is 6.00. The molecule has 13 nitrogen and oxygen atoms in total. The normalized spacial score (nSPS) is 14.6. The molecule has 216 valence electrons. The number of hydrogen-bond donors (Lipinski definition) is 8. The monoisotopic (exact) mass is 557 g/mol. The summed E-state index contributed by atoms with van der Waals surface area (Å²) in [4.78, 5) is 61.7. The average molecular weight is 558 g/mol. The number of aromatic hydroxyl groups is 1. The second-order valence-corrected chi connectivity index (χ2v) is 9.36. The van der Waals surface area contributed by atoms with E-state index in [-0.39, 0.29) is 31.4 Å².